The van der Waals surface area contributed by atoms with Crippen LogP contribution in [0.25, 0.3) is 0 Å². The molecule has 22 heavy (non-hydrogen) atoms. The Labute approximate surface area is 129 Å². The SMILES string of the molecule is C=C(C)C(=O)Nc1ccccc1Nc1cc(N(C)C)ncn1. The molecule has 2 rings (SSSR count). The topological polar surface area (TPSA) is 70.2 Å². The van der Waals surface area contributed by atoms with Gasteiger partial charge in [0.2, 0.25) is 0 Å². The zero-order chi connectivity index (χ0) is 16.1. The maximum absolute atomic E-state index is 11.8. The van der Waals surface area contributed by atoms with E-state index < -0.39 is 0 Å². The third-order valence-electron chi connectivity index (χ3n) is 2.94. The number of anilines is 4. The van der Waals surface area contributed by atoms with Gasteiger partial charge in [0.05, 0.1) is 11.4 Å². The van der Waals surface area contributed by atoms with Crippen molar-refractivity contribution in [1.82, 2.24) is 9.97 Å². The second-order valence-corrected chi connectivity index (χ2v) is 5.06. The molecule has 0 radical (unpaired) electrons. The number of hydrogen-bond acceptors (Lipinski definition) is 5. The van der Waals surface area contributed by atoms with E-state index in [-0.39, 0.29) is 5.91 Å². The number of benzene rings is 1. The Morgan fingerprint density at radius 2 is 1.86 bits per heavy atom. The minimum Gasteiger partial charge on any atom is -0.363 e. The summed E-state index contributed by atoms with van der Waals surface area (Å²) >= 11 is 0. The summed E-state index contributed by atoms with van der Waals surface area (Å²) in [7, 11) is 3.82. The third kappa shape index (κ3) is 3.82. The molecule has 0 aliphatic carbocycles. The molecule has 2 N–H and O–H groups in total. The molecule has 0 spiro atoms. The number of nitrogens with one attached hydrogen (secondary N) is 2. The highest BCUT2D eigenvalue weighted by Crippen LogP contribution is 2.25. The van der Waals surface area contributed by atoms with E-state index in [1.807, 2.05) is 49.3 Å². The lowest BCUT2D eigenvalue weighted by Gasteiger charge is -2.14. The fourth-order valence-electron chi connectivity index (χ4n) is 1.73. The van der Waals surface area contributed by atoms with Gasteiger partial charge in [-0.1, -0.05) is 18.7 Å². The molecule has 0 atom stereocenters. The van der Waals surface area contributed by atoms with Crippen LogP contribution in [0, 0.1) is 0 Å². The first kappa shape index (κ1) is 15.5. The van der Waals surface area contributed by atoms with Crippen molar-refractivity contribution in [3.05, 3.63) is 48.8 Å². The van der Waals surface area contributed by atoms with Gasteiger partial charge >= 0.3 is 0 Å². The molecule has 0 fully saturated rings. The van der Waals surface area contributed by atoms with Crippen molar-refractivity contribution in [2.24, 2.45) is 0 Å². The average Bonchev–Trinajstić information content (AvgIpc) is 2.49. The molecule has 0 aliphatic rings. The van der Waals surface area contributed by atoms with Gasteiger partial charge in [-0.3, -0.25) is 4.79 Å². The predicted molar refractivity (Wildman–Crippen MR) is 89.5 cm³/mol. The van der Waals surface area contributed by atoms with Crippen LogP contribution in [0.5, 0.6) is 0 Å². The number of amides is 1. The summed E-state index contributed by atoms with van der Waals surface area (Å²) in [6.07, 6.45) is 1.49. The summed E-state index contributed by atoms with van der Waals surface area (Å²) in [6, 6.07) is 9.25. The van der Waals surface area contributed by atoms with E-state index in [0.29, 0.717) is 17.1 Å². The van der Waals surface area contributed by atoms with Crippen molar-refractivity contribution in [3.63, 3.8) is 0 Å². The molecule has 0 bridgehead atoms. The van der Waals surface area contributed by atoms with Gasteiger partial charge in [0.15, 0.2) is 0 Å². The molecular weight excluding hydrogens is 278 g/mol. The number of nitrogens with zero attached hydrogens (tertiary/aromatic N) is 3. The largest absolute Gasteiger partial charge is 0.363 e. The Kier molecular flexibility index (Phi) is 4.73. The highest BCUT2D eigenvalue weighted by molar-refractivity contribution is 6.04. The fraction of sp³-hybridized carbons (Fsp3) is 0.188. The average molecular weight is 297 g/mol. The van der Waals surface area contributed by atoms with Crippen molar-refractivity contribution in [2.45, 2.75) is 6.92 Å². The Hall–Kier alpha value is -2.89. The first-order valence-electron chi connectivity index (χ1n) is 6.79. The number of rotatable bonds is 5. The maximum Gasteiger partial charge on any atom is 0.250 e. The van der Waals surface area contributed by atoms with Crippen molar-refractivity contribution >= 4 is 28.9 Å². The number of aromatic nitrogens is 2. The minimum atomic E-state index is -0.217. The van der Waals surface area contributed by atoms with Crippen LogP contribution in [0.4, 0.5) is 23.0 Å². The molecule has 1 aromatic heterocycles. The van der Waals surface area contributed by atoms with Crippen molar-refractivity contribution in [3.8, 4) is 0 Å². The molecule has 6 nitrogen and oxygen atoms in total. The molecule has 2 aromatic rings. The van der Waals surface area contributed by atoms with Crippen LogP contribution in [0.2, 0.25) is 0 Å². The normalized spacial score (nSPS) is 9.95. The van der Waals surface area contributed by atoms with Gasteiger partial charge in [0, 0.05) is 25.7 Å². The van der Waals surface area contributed by atoms with Gasteiger partial charge in [-0.25, -0.2) is 9.97 Å². The second-order valence-electron chi connectivity index (χ2n) is 5.06. The van der Waals surface area contributed by atoms with Gasteiger partial charge in [-0.15, -0.1) is 0 Å². The molecule has 1 aromatic carbocycles. The second kappa shape index (κ2) is 6.71. The zero-order valence-electron chi connectivity index (χ0n) is 12.9. The van der Waals surface area contributed by atoms with Gasteiger partial charge in [0.25, 0.3) is 5.91 Å². The standard InChI is InChI=1S/C16H19N5O/c1-11(2)16(22)20-13-8-6-5-7-12(13)19-14-9-15(21(3)4)18-10-17-14/h5-10H,1H2,2-4H3,(H,20,22)(H,17,18,19). The third-order valence-corrected chi connectivity index (χ3v) is 2.94. The van der Waals surface area contributed by atoms with E-state index in [9.17, 15) is 4.79 Å². The van der Waals surface area contributed by atoms with Crippen molar-refractivity contribution < 1.29 is 4.79 Å². The quantitative estimate of drug-likeness (QED) is 0.830. The fourth-order valence-corrected chi connectivity index (χ4v) is 1.73. The number of hydrogen-bond donors (Lipinski definition) is 2. The summed E-state index contributed by atoms with van der Waals surface area (Å²) in [5.74, 6) is 1.22. The molecule has 114 valence electrons. The Morgan fingerprint density at radius 1 is 1.18 bits per heavy atom. The van der Waals surface area contributed by atoms with E-state index in [2.05, 4.69) is 27.2 Å². The maximum atomic E-state index is 11.8. The van der Waals surface area contributed by atoms with Crippen LogP contribution in [-0.2, 0) is 4.79 Å². The summed E-state index contributed by atoms with van der Waals surface area (Å²) in [5, 5.41) is 6.00. The van der Waals surface area contributed by atoms with E-state index in [1.54, 1.807) is 6.92 Å². The smallest absolute Gasteiger partial charge is 0.250 e. The number of carbonyl (C=O) groups is 1. The van der Waals surface area contributed by atoms with E-state index in [1.165, 1.54) is 6.33 Å². The van der Waals surface area contributed by atoms with E-state index in [4.69, 9.17) is 0 Å². The summed E-state index contributed by atoms with van der Waals surface area (Å²) in [4.78, 5) is 22.0. The van der Waals surface area contributed by atoms with Gasteiger partial charge in [-0.2, -0.15) is 0 Å². The Balaban J connectivity index is 2.24. The highest BCUT2D eigenvalue weighted by atomic mass is 16.1. The van der Waals surface area contributed by atoms with E-state index in [0.717, 1.165) is 11.5 Å². The zero-order valence-corrected chi connectivity index (χ0v) is 12.9. The molecule has 1 amide bonds. The summed E-state index contributed by atoms with van der Waals surface area (Å²) in [6.45, 7) is 5.30. The summed E-state index contributed by atoms with van der Waals surface area (Å²) < 4.78 is 0. The van der Waals surface area contributed by atoms with Crippen LogP contribution in [0.15, 0.2) is 48.8 Å². The van der Waals surface area contributed by atoms with Gasteiger partial charge in [-0.05, 0) is 19.1 Å². The number of carbonyl (C=O) groups excluding carboxylic acids is 1. The molecule has 0 unspecified atom stereocenters. The molecule has 0 saturated carbocycles. The lowest BCUT2D eigenvalue weighted by Crippen LogP contribution is -2.13. The molecule has 1 heterocycles. The van der Waals surface area contributed by atoms with E-state index >= 15 is 0 Å². The monoisotopic (exact) mass is 297 g/mol. The molecule has 6 heteroatoms. The van der Waals surface area contributed by atoms with Crippen molar-refractivity contribution in [1.29, 1.82) is 0 Å². The first-order valence-corrected chi connectivity index (χ1v) is 6.79. The minimum absolute atomic E-state index is 0.217. The Bertz CT molecular complexity index is 696. The lowest BCUT2D eigenvalue weighted by molar-refractivity contribution is -0.112. The number of para-hydroxylation sites is 2. The van der Waals surface area contributed by atoms with Crippen LogP contribution < -0.4 is 15.5 Å². The van der Waals surface area contributed by atoms with Crippen LogP contribution in [0.3, 0.4) is 0 Å². The van der Waals surface area contributed by atoms with Crippen LogP contribution >= 0.6 is 0 Å². The van der Waals surface area contributed by atoms with Crippen LogP contribution in [-0.4, -0.2) is 30.0 Å². The summed E-state index contributed by atoms with van der Waals surface area (Å²) in [5.41, 5.74) is 1.87. The van der Waals surface area contributed by atoms with Crippen LogP contribution in [0.1, 0.15) is 6.92 Å². The van der Waals surface area contributed by atoms with Crippen molar-refractivity contribution in [2.75, 3.05) is 29.6 Å². The predicted octanol–water partition coefficient (Wildman–Crippen LogP) is 2.80. The molecule has 0 saturated heterocycles. The lowest BCUT2D eigenvalue weighted by atomic mass is 10.2. The molecule has 0 aliphatic heterocycles. The first-order chi connectivity index (χ1) is 10.5. The Morgan fingerprint density at radius 3 is 2.50 bits per heavy atom. The molecular formula is C16H19N5O. The van der Waals surface area contributed by atoms with Gasteiger partial charge < -0.3 is 15.5 Å². The van der Waals surface area contributed by atoms with Gasteiger partial charge in [0.1, 0.15) is 18.0 Å². The highest BCUT2D eigenvalue weighted by Gasteiger charge is 2.08.